The van der Waals surface area contributed by atoms with Gasteiger partial charge in [-0.15, -0.1) is 0 Å². The first-order chi connectivity index (χ1) is 8.68. The van der Waals surface area contributed by atoms with Gasteiger partial charge < -0.3 is 0 Å². The summed E-state index contributed by atoms with van der Waals surface area (Å²) in [5, 5.41) is -0.253. The molecule has 1 aromatic rings. The van der Waals surface area contributed by atoms with Crippen LogP contribution in [-0.2, 0) is 11.2 Å². The molecule has 0 fully saturated rings. The van der Waals surface area contributed by atoms with Crippen molar-refractivity contribution in [3.63, 3.8) is 0 Å². The minimum atomic E-state index is -0.253. The van der Waals surface area contributed by atoms with E-state index in [0.717, 1.165) is 12.8 Å². The van der Waals surface area contributed by atoms with Gasteiger partial charge in [-0.2, -0.15) is 0 Å². The number of aryl methyl sites for hydroxylation is 1. The first kappa shape index (κ1) is 15.0. The van der Waals surface area contributed by atoms with E-state index in [2.05, 4.69) is 43.3 Å². The lowest BCUT2D eigenvalue weighted by Crippen LogP contribution is -1.93. The van der Waals surface area contributed by atoms with Gasteiger partial charge in [0.1, 0.15) is 0 Å². The first-order valence-corrected chi connectivity index (χ1v) is 6.95. The molecule has 0 saturated heterocycles. The molecule has 0 saturated carbocycles. The van der Waals surface area contributed by atoms with Gasteiger partial charge in [-0.25, -0.2) is 0 Å². The Kier molecular flexibility index (Phi) is 7.43. The normalized spacial score (nSPS) is 12.8. The van der Waals surface area contributed by atoms with E-state index in [9.17, 15) is 4.79 Å². The number of carbonyl (C=O) groups excluding carboxylic acids is 1. The van der Waals surface area contributed by atoms with Crippen molar-refractivity contribution in [2.45, 2.75) is 39.0 Å². The molecule has 18 heavy (non-hydrogen) atoms. The largest absolute Gasteiger partial charge is 0.281 e. The van der Waals surface area contributed by atoms with Crippen molar-refractivity contribution in [1.29, 1.82) is 0 Å². The molecule has 0 amide bonds. The van der Waals surface area contributed by atoms with E-state index in [4.69, 9.17) is 11.6 Å². The molecule has 0 aromatic heterocycles. The lowest BCUT2D eigenvalue weighted by molar-refractivity contribution is -0.111. The minimum Gasteiger partial charge on any atom is -0.281 e. The number of rotatable bonds is 8. The Morgan fingerprint density at radius 2 is 2.06 bits per heavy atom. The number of benzene rings is 1. The van der Waals surface area contributed by atoms with Crippen LogP contribution < -0.4 is 0 Å². The van der Waals surface area contributed by atoms with Gasteiger partial charge in [-0.05, 0) is 48.8 Å². The summed E-state index contributed by atoms with van der Waals surface area (Å²) in [5.74, 6) is 0.569. The van der Waals surface area contributed by atoms with E-state index < -0.39 is 0 Å². The molecule has 1 atom stereocenters. The topological polar surface area (TPSA) is 17.1 Å². The van der Waals surface area contributed by atoms with E-state index in [1.165, 1.54) is 18.4 Å². The third kappa shape index (κ3) is 7.29. The highest BCUT2D eigenvalue weighted by molar-refractivity contribution is 6.63. The number of hydrogen-bond acceptors (Lipinski definition) is 1. The Hall–Kier alpha value is -1.08. The summed E-state index contributed by atoms with van der Waals surface area (Å²) in [6.45, 7) is 2.21. The second-order valence-corrected chi connectivity index (χ2v) is 5.10. The van der Waals surface area contributed by atoms with Crippen LogP contribution in [0.1, 0.15) is 38.2 Å². The van der Waals surface area contributed by atoms with Crippen molar-refractivity contribution in [3.05, 3.63) is 48.0 Å². The van der Waals surface area contributed by atoms with Gasteiger partial charge in [0.15, 0.2) is 0 Å². The average Bonchev–Trinajstić information content (AvgIpc) is 2.36. The maximum Gasteiger partial charge on any atom is 0.221 e. The van der Waals surface area contributed by atoms with Gasteiger partial charge in [-0.3, -0.25) is 4.79 Å². The fraction of sp³-hybridized carbons (Fsp3) is 0.438. The highest BCUT2D eigenvalue weighted by Gasteiger charge is 1.98. The Bertz CT molecular complexity index is 370. The van der Waals surface area contributed by atoms with Crippen LogP contribution in [0.5, 0.6) is 0 Å². The molecule has 0 spiro atoms. The average molecular weight is 265 g/mol. The van der Waals surface area contributed by atoms with Crippen molar-refractivity contribution in [2.24, 2.45) is 5.92 Å². The lowest BCUT2D eigenvalue weighted by atomic mass is 10.0. The quantitative estimate of drug-likeness (QED) is 0.489. The zero-order valence-corrected chi connectivity index (χ0v) is 11.7. The monoisotopic (exact) mass is 264 g/mol. The Morgan fingerprint density at radius 1 is 1.33 bits per heavy atom. The van der Waals surface area contributed by atoms with E-state index >= 15 is 0 Å². The highest BCUT2D eigenvalue weighted by atomic mass is 35.5. The lowest BCUT2D eigenvalue weighted by Gasteiger charge is -2.06. The summed E-state index contributed by atoms with van der Waals surface area (Å²) in [7, 11) is 0. The molecular weight excluding hydrogens is 244 g/mol. The van der Waals surface area contributed by atoms with Crippen molar-refractivity contribution in [3.8, 4) is 0 Å². The van der Waals surface area contributed by atoms with E-state index in [0.29, 0.717) is 12.3 Å². The third-order valence-electron chi connectivity index (χ3n) is 2.94. The summed E-state index contributed by atoms with van der Waals surface area (Å²) in [6.07, 6.45) is 8.96. The van der Waals surface area contributed by atoms with Gasteiger partial charge in [-0.1, -0.05) is 49.4 Å². The molecule has 98 valence electrons. The number of carbonyl (C=O) groups is 1. The Morgan fingerprint density at radius 3 is 2.72 bits per heavy atom. The Balaban J connectivity index is 2.13. The van der Waals surface area contributed by atoms with Crippen LogP contribution in [0.15, 0.2) is 42.5 Å². The smallest absolute Gasteiger partial charge is 0.221 e. The van der Waals surface area contributed by atoms with Gasteiger partial charge in [0, 0.05) is 6.42 Å². The highest BCUT2D eigenvalue weighted by Crippen LogP contribution is 2.12. The maximum atomic E-state index is 10.5. The predicted molar refractivity (Wildman–Crippen MR) is 77.8 cm³/mol. The molecule has 0 bridgehead atoms. The fourth-order valence-corrected chi connectivity index (χ4v) is 2.00. The SMILES string of the molecule is C[C@@H](/C=C/CCC(=O)Cl)CCCc1ccccc1. The molecule has 0 aliphatic rings. The molecule has 1 rings (SSSR count). The van der Waals surface area contributed by atoms with Crippen LogP contribution in [0.2, 0.25) is 0 Å². The summed E-state index contributed by atoms with van der Waals surface area (Å²) in [5.41, 5.74) is 1.40. The molecular formula is C16H21ClO. The van der Waals surface area contributed by atoms with Crippen LogP contribution in [0.4, 0.5) is 0 Å². The molecule has 1 aromatic carbocycles. The van der Waals surface area contributed by atoms with E-state index in [1.54, 1.807) is 0 Å². The van der Waals surface area contributed by atoms with Crippen molar-refractivity contribution >= 4 is 16.8 Å². The summed E-state index contributed by atoms with van der Waals surface area (Å²) < 4.78 is 0. The molecule has 0 unspecified atom stereocenters. The summed E-state index contributed by atoms with van der Waals surface area (Å²) >= 11 is 5.27. The second kappa shape index (κ2) is 8.93. The van der Waals surface area contributed by atoms with Crippen LogP contribution in [-0.4, -0.2) is 5.24 Å². The molecule has 0 N–H and O–H groups in total. The fourth-order valence-electron chi connectivity index (χ4n) is 1.89. The van der Waals surface area contributed by atoms with E-state index in [-0.39, 0.29) is 5.24 Å². The van der Waals surface area contributed by atoms with Crippen molar-refractivity contribution in [2.75, 3.05) is 0 Å². The van der Waals surface area contributed by atoms with Crippen molar-refractivity contribution < 1.29 is 4.79 Å². The van der Waals surface area contributed by atoms with Crippen LogP contribution in [0.3, 0.4) is 0 Å². The number of allylic oxidation sites excluding steroid dienone is 2. The summed E-state index contributed by atoms with van der Waals surface area (Å²) in [4.78, 5) is 10.5. The first-order valence-electron chi connectivity index (χ1n) is 6.57. The van der Waals surface area contributed by atoms with Crippen LogP contribution in [0.25, 0.3) is 0 Å². The van der Waals surface area contributed by atoms with Crippen LogP contribution >= 0.6 is 11.6 Å². The standard InChI is InChI=1S/C16H21ClO/c1-14(8-5-6-13-16(17)18)9-7-12-15-10-3-2-4-11-15/h2-5,8,10-11,14H,6-7,9,12-13H2,1H3/b8-5+/t14-/m0/s1. The zero-order chi connectivity index (χ0) is 13.2. The van der Waals surface area contributed by atoms with Gasteiger partial charge in [0.2, 0.25) is 5.24 Å². The van der Waals surface area contributed by atoms with Gasteiger partial charge in [0.25, 0.3) is 0 Å². The van der Waals surface area contributed by atoms with Crippen LogP contribution in [0, 0.1) is 5.92 Å². The predicted octanol–water partition coefficient (Wildman–Crippen LogP) is 4.75. The summed E-state index contributed by atoms with van der Waals surface area (Å²) in [6, 6.07) is 10.6. The molecule has 0 aliphatic carbocycles. The third-order valence-corrected chi connectivity index (χ3v) is 3.13. The molecule has 0 radical (unpaired) electrons. The zero-order valence-electron chi connectivity index (χ0n) is 10.9. The van der Waals surface area contributed by atoms with Gasteiger partial charge in [0.05, 0.1) is 0 Å². The minimum absolute atomic E-state index is 0.253. The van der Waals surface area contributed by atoms with Gasteiger partial charge >= 0.3 is 0 Å². The Labute approximate surface area is 115 Å². The van der Waals surface area contributed by atoms with E-state index in [1.807, 2.05) is 6.07 Å². The second-order valence-electron chi connectivity index (χ2n) is 4.68. The molecule has 0 aliphatic heterocycles. The number of halogens is 1. The number of hydrogen-bond donors (Lipinski definition) is 0. The maximum absolute atomic E-state index is 10.5. The molecule has 1 nitrogen and oxygen atoms in total. The van der Waals surface area contributed by atoms with Crippen molar-refractivity contribution in [1.82, 2.24) is 0 Å². The molecule has 0 heterocycles. The molecule has 2 heteroatoms.